The first-order valence-corrected chi connectivity index (χ1v) is 2.01. The summed E-state index contributed by atoms with van der Waals surface area (Å²) in [7, 11) is 0. The molecule has 0 spiro atoms. The summed E-state index contributed by atoms with van der Waals surface area (Å²) in [6.07, 6.45) is 0.194. The Bertz CT molecular complexity index is 84.3. The minimum absolute atomic E-state index is 0.000000000000000222. The Morgan fingerprint density at radius 1 is 1.86 bits per heavy atom. The predicted molar refractivity (Wildman–Crippen MR) is 27.5 cm³/mol. The van der Waals surface area contributed by atoms with Crippen LogP contribution in [0.5, 0.6) is 0 Å². The summed E-state index contributed by atoms with van der Waals surface area (Å²) in [6.45, 7) is 4.69. The van der Waals surface area contributed by atoms with Gasteiger partial charge in [0.1, 0.15) is 5.78 Å². The fourth-order valence-corrected chi connectivity index (χ4v) is 0.301. The Kier molecular flexibility index (Phi) is 2.12. The first-order chi connectivity index (χ1) is 3.13. The van der Waals surface area contributed by atoms with Gasteiger partial charge in [-0.1, -0.05) is 6.58 Å². The molecule has 0 atom stereocenters. The average Bonchev–Trinajstić information content (AvgIpc) is 1.27. The maximum atomic E-state index is 10.1. The Balaban J connectivity index is 3.32. The van der Waals surface area contributed by atoms with Crippen molar-refractivity contribution in [3.63, 3.8) is 0 Å². The molecule has 1 N–H and O–H groups in total. The van der Waals surface area contributed by atoms with Crippen molar-refractivity contribution < 1.29 is 4.79 Å². The third-order valence-electron chi connectivity index (χ3n) is 0.462. The largest absolute Gasteiger partial charge is 0.305 e. The highest BCUT2D eigenvalue weighted by Gasteiger charge is 1.90. The minimum Gasteiger partial charge on any atom is -0.305 e. The molecule has 0 saturated heterocycles. The van der Waals surface area contributed by atoms with Crippen LogP contribution in [0, 0.1) is 0 Å². The molecule has 0 heterocycles. The summed E-state index contributed by atoms with van der Waals surface area (Å²) < 4.78 is 0. The molecular formula is C5H8NO. The number of carbonyl (C=O) groups excluding carboxylic acids is 1. The molecule has 0 aliphatic carbocycles. The van der Waals surface area contributed by atoms with Crippen molar-refractivity contribution in [3.8, 4) is 0 Å². The lowest BCUT2D eigenvalue weighted by atomic mass is 10.3. The molecule has 0 fully saturated rings. The van der Waals surface area contributed by atoms with Crippen LogP contribution in [0.2, 0.25) is 0 Å². The third kappa shape index (κ3) is 5.21. The van der Waals surface area contributed by atoms with E-state index in [1.54, 1.807) is 0 Å². The molecule has 2 heteroatoms. The summed E-state index contributed by atoms with van der Waals surface area (Å²) in [4.78, 5) is 10.1. The first kappa shape index (κ1) is 6.21. The van der Waals surface area contributed by atoms with Crippen LogP contribution in [0.25, 0.3) is 0 Å². The van der Waals surface area contributed by atoms with Crippen LogP contribution in [0.15, 0.2) is 12.3 Å². The predicted octanol–water partition coefficient (Wildman–Crippen LogP) is 0.762. The van der Waals surface area contributed by atoms with Gasteiger partial charge in [-0.15, -0.1) is 0 Å². The van der Waals surface area contributed by atoms with Crippen molar-refractivity contribution in [1.29, 1.82) is 0 Å². The Labute approximate surface area is 43.0 Å². The maximum Gasteiger partial charge on any atom is 0.135 e. The molecule has 0 unspecified atom stereocenters. The van der Waals surface area contributed by atoms with Crippen LogP contribution in [-0.4, -0.2) is 5.78 Å². The molecule has 0 aromatic rings. The van der Waals surface area contributed by atoms with Gasteiger partial charge in [0.25, 0.3) is 0 Å². The molecule has 0 aromatic carbocycles. The van der Waals surface area contributed by atoms with Crippen molar-refractivity contribution in [2.75, 3.05) is 0 Å². The lowest BCUT2D eigenvalue weighted by Gasteiger charge is -1.86. The highest BCUT2D eigenvalue weighted by atomic mass is 16.1. The summed E-state index contributed by atoms with van der Waals surface area (Å²) in [5, 5.41) is 0. The molecule has 1 radical (unpaired) electrons. The summed E-state index contributed by atoms with van der Waals surface area (Å²) >= 11 is 0. The second kappa shape index (κ2) is 2.39. The molecule has 0 aliphatic rings. The molecule has 0 bridgehead atoms. The number of ketones is 1. The SMILES string of the molecule is C=C([NH])CC(C)=O. The Hall–Kier alpha value is -0.790. The van der Waals surface area contributed by atoms with Crippen LogP contribution < -0.4 is 5.73 Å². The van der Waals surface area contributed by atoms with E-state index >= 15 is 0 Å². The summed E-state index contributed by atoms with van der Waals surface area (Å²) in [6, 6.07) is 0. The van der Waals surface area contributed by atoms with Crippen molar-refractivity contribution in [2.24, 2.45) is 0 Å². The number of allylic oxidation sites excluding steroid dienone is 1. The third-order valence-corrected chi connectivity index (χ3v) is 0.462. The highest BCUT2D eigenvalue weighted by Crippen LogP contribution is 1.88. The first-order valence-electron chi connectivity index (χ1n) is 2.01. The number of Topliss-reactive ketones (excluding diaryl/α,β-unsaturated/α-hetero) is 1. The highest BCUT2D eigenvalue weighted by molar-refractivity contribution is 5.77. The van der Waals surface area contributed by atoms with Crippen molar-refractivity contribution in [3.05, 3.63) is 12.3 Å². The molecule has 0 rings (SSSR count). The van der Waals surface area contributed by atoms with Crippen LogP contribution in [0.1, 0.15) is 13.3 Å². The van der Waals surface area contributed by atoms with Gasteiger partial charge in [0, 0.05) is 12.1 Å². The van der Waals surface area contributed by atoms with Gasteiger partial charge >= 0.3 is 0 Å². The van der Waals surface area contributed by atoms with E-state index in [-0.39, 0.29) is 17.9 Å². The molecule has 39 valence electrons. The standard InChI is InChI=1S/C5H8NO/c1-4(6)3-5(2)7/h6H,1,3H2,2H3. The zero-order chi connectivity index (χ0) is 5.86. The minimum atomic E-state index is 0.000000000000000222. The molecule has 0 aromatic heterocycles. The number of rotatable bonds is 2. The van der Waals surface area contributed by atoms with E-state index in [2.05, 4.69) is 6.58 Å². The fourth-order valence-electron chi connectivity index (χ4n) is 0.301. The number of hydrogen-bond donors (Lipinski definition) is 0. The van der Waals surface area contributed by atoms with Crippen molar-refractivity contribution >= 4 is 5.78 Å². The zero-order valence-electron chi connectivity index (χ0n) is 4.32. The monoisotopic (exact) mass is 98.1 g/mol. The molecule has 0 saturated carbocycles. The Morgan fingerprint density at radius 3 is 2.29 bits per heavy atom. The van der Waals surface area contributed by atoms with Crippen LogP contribution >= 0.6 is 0 Å². The van der Waals surface area contributed by atoms with Gasteiger partial charge in [0.2, 0.25) is 0 Å². The molecule has 0 aliphatic heterocycles. The topological polar surface area (TPSA) is 40.9 Å². The maximum absolute atomic E-state index is 10.1. The van der Waals surface area contributed by atoms with Crippen LogP contribution in [0.4, 0.5) is 0 Å². The molecule has 7 heavy (non-hydrogen) atoms. The van der Waals surface area contributed by atoms with Crippen molar-refractivity contribution in [1.82, 2.24) is 5.73 Å². The lowest BCUT2D eigenvalue weighted by Crippen LogP contribution is -1.91. The van der Waals surface area contributed by atoms with Crippen LogP contribution in [-0.2, 0) is 4.79 Å². The van der Waals surface area contributed by atoms with E-state index in [1.165, 1.54) is 6.92 Å². The van der Waals surface area contributed by atoms with E-state index < -0.39 is 0 Å². The average molecular weight is 98.1 g/mol. The molecule has 0 amide bonds. The zero-order valence-corrected chi connectivity index (χ0v) is 4.32. The van der Waals surface area contributed by atoms with Gasteiger partial charge in [-0.2, -0.15) is 0 Å². The van der Waals surface area contributed by atoms with Gasteiger partial charge in [0.15, 0.2) is 0 Å². The van der Waals surface area contributed by atoms with Gasteiger partial charge in [-0.05, 0) is 6.92 Å². The number of carbonyl (C=O) groups is 1. The van der Waals surface area contributed by atoms with E-state index in [1.807, 2.05) is 0 Å². The smallest absolute Gasteiger partial charge is 0.135 e. The normalized spacial score (nSPS) is 8.14. The van der Waals surface area contributed by atoms with E-state index in [4.69, 9.17) is 5.73 Å². The van der Waals surface area contributed by atoms with Crippen LogP contribution in [0.3, 0.4) is 0 Å². The van der Waals surface area contributed by atoms with Gasteiger partial charge in [-0.25, -0.2) is 0 Å². The number of nitrogens with one attached hydrogen (secondary N) is 1. The van der Waals surface area contributed by atoms with Gasteiger partial charge in [0.05, 0.1) is 0 Å². The fraction of sp³-hybridized carbons (Fsp3) is 0.400. The Morgan fingerprint density at radius 2 is 2.29 bits per heavy atom. The van der Waals surface area contributed by atoms with Gasteiger partial charge < -0.3 is 5.73 Å². The molecular weight excluding hydrogens is 90.1 g/mol. The summed E-state index contributed by atoms with van der Waals surface area (Å²) in [5.41, 5.74) is 6.88. The number of hydrogen-bond acceptors (Lipinski definition) is 1. The molecule has 2 nitrogen and oxygen atoms in total. The van der Waals surface area contributed by atoms with Crippen molar-refractivity contribution in [2.45, 2.75) is 13.3 Å². The van der Waals surface area contributed by atoms with E-state index in [0.29, 0.717) is 0 Å². The van der Waals surface area contributed by atoms with Gasteiger partial charge in [-0.3, -0.25) is 4.79 Å². The second-order valence-corrected chi connectivity index (χ2v) is 1.48. The van der Waals surface area contributed by atoms with E-state index in [0.717, 1.165) is 0 Å². The summed E-state index contributed by atoms with van der Waals surface area (Å²) in [5.74, 6) is 0.000000000000000222. The quantitative estimate of drug-likeness (QED) is 0.502. The lowest BCUT2D eigenvalue weighted by molar-refractivity contribution is -0.116. The second-order valence-electron chi connectivity index (χ2n) is 1.48. The van der Waals surface area contributed by atoms with E-state index in [9.17, 15) is 4.79 Å².